The Bertz CT molecular complexity index is 356. The number of carbonyl (C=O) groups excluding carboxylic acids is 1. The fraction of sp³-hybridized carbons (Fsp3) is 0.600. The van der Waals surface area contributed by atoms with Crippen molar-refractivity contribution in [2.45, 2.75) is 18.9 Å². The monoisotopic (exact) mass is 223 g/mol. The largest absolute Gasteiger partial charge is 0.385 e. The van der Waals surface area contributed by atoms with Gasteiger partial charge in [0.1, 0.15) is 5.69 Å². The van der Waals surface area contributed by atoms with Crippen molar-refractivity contribution < 1.29 is 4.79 Å². The van der Waals surface area contributed by atoms with E-state index in [0.29, 0.717) is 5.69 Å². The van der Waals surface area contributed by atoms with Crippen molar-refractivity contribution >= 4 is 11.6 Å². The second kappa shape index (κ2) is 4.98. The summed E-state index contributed by atoms with van der Waals surface area (Å²) < 4.78 is 0. The van der Waals surface area contributed by atoms with E-state index in [1.165, 1.54) is 0 Å². The van der Waals surface area contributed by atoms with Gasteiger partial charge >= 0.3 is 0 Å². The van der Waals surface area contributed by atoms with Crippen molar-refractivity contribution in [3.8, 4) is 0 Å². The highest BCUT2D eigenvalue weighted by Crippen LogP contribution is 2.11. The van der Waals surface area contributed by atoms with Crippen molar-refractivity contribution in [3.63, 3.8) is 0 Å². The summed E-state index contributed by atoms with van der Waals surface area (Å²) >= 11 is 0. The van der Waals surface area contributed by atoms with E-state index in [1.807, 2.05) is 0 Å². The molecule has 1 saturated heterocycles. The summed E-state index contributed by atoms with van der Waals surface area (Å²) in [6, 6.07) is 0.266. The zero-order chi connectivity index (χ0) is 11.4. The number of amides is 1. The van der Waals surface area contributed by atoms with Crippen molar-refractivity contribution in [2.24, 2.45) is 0 Å². The molecule has 88 valence electrons. The number of nitrogens with one attached hydrogen (secondary N) is 4. The predicted molar refractivity (Wildman–Crippen MR) is 61.5 cm³/mol. The molecule has 2 rings (SSSR count). The zero-order valence-electron chi connectivity index (χ0n) is 9.34. The molecule has 6 heteroatoms. The molecular formula is C10H17N5O. The van der Waals surface area contributed by atoms with E-state index < -0.39 is 0 Å². The first-order valence-corrected chi connectivity index (χ1v) is 5.54. The molecule has 0 bridgehead atoms. The van der Waals surface area contributed by atoms with Gasteiger partial charge in [0, 0.05) is 13.1 Å². The van der Waals surface area contributed by atoms with E-state index in [1.54, 1.807) is 13.2 Å². The molecule has 2 heterocycles. The molecule has 6 nitrogen and oxygen atoms in total. The van der Waals surface area contributed by atoms with E-state index in [0.717, 1.165) is 31.6 Å². The Balaban J connectivity index is 1.96. The normalized spacial score (nSPS) is 17.1. The highest BCUT2D eigenvalue weighted by molar-refractivity contribution is 5.97. The number of aromatic nitrogens is 2. The molecule has 0 spiro atoms. The molecular weight excluding hydrogens is 206 g/mol. The van der Waals surface area contributed by atoms with Crippen molar-refractivity contribution in [2.75, 3.05) is 25.5 Å². The highest BCUT2D eigenvalue weighted by atomic mass is 16.2. The quantitative estimate of drug-likeness (QED) is 0.578. The first-order chi connectivity index (χ1) is 7.81. The minimum Gasteiger partial charge on any atom is -0.385 e. The number of hydrogen-bond acceptors (Lipinski definition) is 4. The van der Waals surface area contributed by atoms with Crippen LogP contribution in [0.25, 0.3) is 0 Å². The number of H-pyrrole nitrogens is 1. The minimum atomic E-state index is -0.0891. The highest BCUT2D eigenvalue weighted by Gasteiger charge is 2.19. The van der Waals surface area contributed by atoms with Crippen LogP contribution in [-0.2, 0) is 0 Å². The molecule has 4 N–H and O–H groups in total. The first kappa shape index (κ1) is 10.9. The molecule has 0 aliphatic carbocycles. The number of anilines is 1. The van der Waals surface area contributed by atoms with Crippen LogP contribution in [0.5, 0.6) is 0 Å². The SMILES string of the molecule is CNc1cn[nH]c1C(=O)NC1CCNCC1. The third kappa shape index (κ3) is 2.33. The van der Waals surface area contributed by atoms with Crippen LogP contribution < -0.4 is 16.0 Å². The number of nitrogens with zero attached hydrogens (tertiary/aromatic N) is 1. The van der Waals surface area contributed by atoms with E-state index in [2.05, 4.69) is 26.1 Å². The Labute approximate surface area is 94.2 Å². The van der Waals surface area contributed by atoms with Gasteiger partial charge in [0.2, 0.25) is 0 Å². The summed E-state index contributed by atoms with van der Waals surface area (Å²) in [5.74, 6) is -0.0891. The van der Waals surface area contributed by atoms with Gasteiger partial charge in [-0.25, -0.2) is 0 Å². The standard InChI is InChI=1S/C10H17N5O/c1-11-8-6-13-15-9(8)10(16)14-7-2-4-12-5-3-7/h6-7,11-12H,2-5H2,1H3,(H,13,15)(H,14,16). The second-order valence-electron chi connectivity index (χ2n) is 3.91. The van der Waals surface area contributed by atoms with Gasteiger partial charge in [-0.15, -0.1) is 0 Å². The fourth-order valence-corrected chi connectivity index (χ4v) is 1.87. The second-order valence-corrected chi connectivity index (χ2v) is 3.91. The van der Waals surface area contributed by atoms with Crippen LogP contribution in [0, 0.1) is 0 Å². The summed E-state index contributed by atoms with van der Waals surface area (Å²) in [7, 11) is 1.77. The molecule has 0 saturated carbocycles. The van der Waals surface area contributed by atoms with Gasteiger partial charge in [-0.3, -0.25) is 9.89 Å². The molecule has 16 heavy (non-hydrogen) atoms. The molecule has 1 aliphatic heterocycles. The van der Waals surface area contributed by atoms with Crippen LogP contribution in [0.15, 0.2) is 6.20 Å². The topological polar surface area (TPSA) is 81.8 Å². The molecule has 0 unspecified atom stereocenters. The van der Waals surface area contributed by atoms with Gasteiger partial charge in [0.05, 0.1) is 11.9 Å². The lowest BCUT2D eigenvalue weighted by Crippen LogP contribution is -2.42. The van der Waals surface area contributed by atoms with Crippen molar-refractivity contribution in [3.05, 3.63) is 11.9 Å². The summed E-state index contributed by atoms with van der Waals surface area (Å²) in [5, 5.41) is 15.7. The maximum Gasteiger partial charge on any atom is 0.271 e. The number of rotatable bonds is 3. The van der Waals surface area contributed by atoms with Crippen molar-refractivity contribution in [1.82, 2.24) is 20.8 Å². The van der Waals surface area contributed by atoms with Gasteiger partial charge in [0.25, 0.3) is 5.91 Å². The number of carbonyl (C=O) groups is 1. The minimum absolute atomic E-state index is 0.0891. The van der Waals surface area contributed by atoms with E-state index in [-0.39, 0.29) is 11.9 Å². The number of hydrogen-bond donors (Lipinski definition) is 4. The maximum atomic E-state index is 11.9. The van der Waals surface area contributed by atoms with Crippen LogP contribution in [-0.4, -0.2) is 42.3 Å². The van der Waals surface area contributed by atoms with Crippen LogP contribution in [0.1, 0.15) is 23.3 Å². The lowest BCUT2D eigenvalue weighted by Gasteiger charge is -2.23. The van der Waals surface area contributed by atoms with E-state index in [9.17, 15) is 4.79 Å². The Hall–Kier alpha value is -1.56. The maximum absolute atomic E-state index is 11.9. The third-order valence-corrected chi connectivity index (χ3v) is 2.81. The zero-order valence-corrected chi connectivity index (χ0v) is 9.34. The lowest BCUT2D eigenvalue weighted by atomic mass is 10.1. The molecule has 1 aliphatic rings. The van der Waals surface area contributed by atoms with Crippen LogP contribution >= 0.6 is 0 Å². The fourth-order valence-electron chi connectivity index (χ4n) is 1.87. The molecule has 1 aromatic heterocycles. The number of piperidine rings is 1. The molecule has 1 aromatic rings. The third-order valence-electron chi connectivity index (χ3n) is 2.81. The molecule has 0 radical (unpaired) electrons. The molecule has 0 aromatic carbocycles. The first-order valence-electron chi connectivity index (χ1n) is 5.54. The average molecular weight is 223 g/mol. The van der Waals surface area contributed by atoms with Gasteiger partial charge in [-0.05, 0) is 25.9 Å². The molecule has 0 atom stereocenters. The summed E-state index contributed by atoms with van der Waals surface area (Å²) in [5.41, 5.74) is 1.23. The Morgan fingerprint density at radius 3 is 2.94 bits per heavy atom. The van der Waals surface area contributed by atoms with Crippen molar-refractivity contribution in [1.29, 1.82) is 0 Å². The smallest absolute Gasteiger partial charge is 0.271 e. The Kier molecular flexibility index (Phi) is 3.40. The van der Waals surface area contributed by atoms with E-state index in [4.69, 9.17) is 0 Å². The van der Waals surface area contributed by atoms with E-state index >= 15 is 0 Å². The van der Waals surface area contributed by atoms with Gasteiger partial charge in [-0.2, -0.15) is 5.10 Å². The lowest BCUT2D eigenvalue weighted by molar-refractivity contribution is 0.0925. The van der Waals surface area contributed by atoms with Crippen LogP contribution in [0.2, 0.25) is 0 Å². The Morgan fingerprint density at radius 1 is 1.50 bits per heavy atom. The van der Waals surface area contributed by atoms with Gasteiger partial charge in [0.15, 0.2) is 0 Å². The van der Waals surface area contributed by atoms with Crippen LogP contribution in [0.4, 0.5) is 5.69 Å². The summed E-state index contributed by atoms with van der Waals surface area (Å²) in [6.45, 7) is 1.93. The summed E-state index contributed by atoms with van der Waals surface area (Å²) in [4.78, 5) is 11.9. The predicted octanol–water partition coefficient (Wildman–Crippen LogP) is -0.0668. The summed E-state index contributed by atoms with van der Waals surface area (Å²) in [6.07, 6.45) is 3.57. The number of aromatic amines is 1. The molecule has 1 fully saturated rings. The Morgan fingerprint density at radius 2 is 2.25 bits per heavy atom. The van der Waals surface area contributed by atoms with Gasteiger partial charge in [-0.1, -0.05) is 0 Å². The van der Waals surface area contributed by atoms with Crippen LogP contribution in [0.3, 0.4) is 0 Å². The average Bonchev–Trinajstić information content (AvgIpc) is 2.78. The molecule has 1 amide bonds. The van der Waals surface area contributed by atoms with Gasteiger partial charge < -0.3 is 16.0 Å².